The van der Waals surface area contributed by atoms with Gasteiger partial charge in [-0.3, -0.25) is 0 Å². The van der Waals surface area contributed by atoms with Crippen LogP contribution in [0.2, 0.25) is 0 Å². The maximum Gasteiger partial charge on any atom is 0.335 e. The number of benzene rings is 2. The summed E-state index contributed by atoms with van der Waals surface area (Å²) in [6, 6.07) is 12.4. The largest absolute Gasteiger partial charge is 0.490 e. The number of carbonyl (C=O) groups is 1. The van der Waals surface area contributed by atoms with Gasteiger partial charge in [0.1, 0.15) is 12.4 Å². The molecule has 2 rings (SSSR count). The Hall–Kier alpha value is -1.60. The van der Waals surface area contributed by atoms with Crippen LogP contribution >= 0.6 is 22.6 Å². The number of carboxylic acids is 1. The fraction of sp³-hybridized carbons (Fsp3) is 0.133. The molecule has 20 heavy (non-hydrogen) atoms. The highest BCUT2D eigenvalue weighted by Gasteiger charge is 2.06. The van der Waals surface area contributed by atoms with Crippen molar-refractivity contribution in [3.63, 3.8) is 0 Å². The van der Waals surface area contributed by atoms with Gasteiger partial charge in [-0.05, 0) is 58.0 Å². The molecule has 0 amide bonds. The standard InChI is InChI=1S/C15H13IO4/c16-13-9-12(5-6-14(13)20-8-7-17)10-1-3-11(4-2-10)15(18)19/h1-6,9,17H,7-8H2,(H,18,19). The highest BCUT2D eigenvalue weighted by atomic mass is 127. The Morgan fingerprint density at radius 2 is 1.75 bits per heavy atom. The molecule has 5 heteroatoms. The fourth-order valence-corrected chi connectivity index (χ4v) is 2.43. The lowest BCUT2D eigenvalue weighted by molar-refractivity contribution is 0.0697. The highest BCUT2D eigenvalue weighted by molar-refractivity contribution is 14.1. The molecule has 0 spiro atoms. The van der Waals surface area contributed by atoms with E-state index in [0.29, 0.717) is 0 Å². The monoisotopic (exact) mass is 384 g/mol. The molecule has 0 atom stereocenters. The van der Waals surface area contributed by atoms with E-state index < -0.39 is 5.97 Å². The van der Waals surface area contributed by atoms with Crippen molar-refractivity contribution in [1.82, 2.24) is 0 Å². The van der Waals surface area contributed by atoms with E-state index in [-0.39, 0.29) is 18.8 Å². The summed E-state index contributed by atoms with van der Waals surface area (Å²) in [5.41, 5.74) is 2.20. The molecular weight excluding hydrogens is 371 g/mol. The average molecular weight is 384 g/mol. The van der Waals surface area contributed by atoms with Crippen LogP contribution in [0.3, 0.4) is 0 Å². The second kappa shape index (κ2) is 6.71. The minimum absolute atomic E-state index is 0.0194. The van der Waals surface area contributed by atoms with Gasteiger partial charge >= 0.3 is 5.97 Å². The lowest BCUT2D eigenvalue weighted by Crippen LogP contribution is -2.02. The zero-order valence-electron chi connectivity index (χ0n) is 10.5. The van der Waals surface area contributed by atoms with Gasteiger partial charge in [0.15, 0.2) is 0 Å². The molecule has 0 saturated heterocycles. The molecule has 104 valence electrons. The molecule has 2 aromatic carbocycles. The van der Waals surface area contributed by atoms with Crippen LogP contribution in [0.15, 0.2) is 42.5 Å². The third kappa shape index (κ3) is 3.49. The predicted molar refractivity (Wildman–Crippen MR) is 84.1 cm³/mol. The molecule has 2 N–H and O–H groups in total. The minimum Gasteiger partial charge on any atom is -0.490 e. The Balaban J connectivity index is 2.24. The summed E-state index contributed by atoms with van der Waals surface area (Å²) in [6.07, 6.45) is 0. The molecule has 0 saturated carbocycles. The van der Waals surface area contributed by atoms with Crippen LogP contribution in [-0.2, 0) is 0 Å². The molecule has 0 aliphatic heterocycles. The normalized spacial score (nSPS) is 10.3. The molecule has 0 aliphatic rings. The summed E-state index contributed by atoms with van der Waals surface area (Å²) in [7, 11) is 0. The summed E-state index contributed by atoms with van der Waals surface area (Å²) in [6.45, 7) is 0.247. The number of hydrogen-bond acceptors (Lipinski definition) is 3. The zero-order valence-corrected chi connectivity index (χ0v) is 12.7. The Bertz CT molecular complexity index is 608. The average Bonchev–Trinajstić information content (AvgIpc) is 2.46. The Morgan fingerprint density at radius 1 is 1.10 bits per heavy atom. The van der Waals surface area contributed by atoms with Gasteiger partial charge < -0.3 is 14.9 Å². The summed E-state index contributed by atoms with van der Waals surface area (Å²) in [4.78, 5) is 10.8. The summed E-state index contributed by atoms with van der Waals surface area (Å²) in [5, 5.41) is 17.6. The molecule has 0 aromatic heterocycles. The van der Waals surface area contributed by atoms with Crippen LogP contribution in [0.1, 0.15) is 10.4 Å². The fourth-order valence-electron chi connectivity index (χ4n) is 1.76. The van der Waals surface area contributed by atoms with E-state index in [0.717, 1.165) is 20.4 Å². The first-order valence-corrected chi connectivity index (χ1v) is 7.06. The van der Waals surface area contributed by atoms with Gasteiger partial charge in [0.05, 0.1) is 15.7 Å². The lowest BCUT2D eigenvalue weighted by atomic mass is 10.0. The predicted octanol–water partition coefficient (Wildman–Crippen LogP) is 3.03. The van der Waals surface area contributed by atoms with E-state index in [4.69, 9.17) is 14.9 Å². The van der Waals surface area contributed by atoms with Crippen molar-refractivity contribution < 1.29 is 19.7 Å². The van der Waals surface area contributed by atoms with Crippen LogP contribution in [0.4, 0.5) is 0 Å². The third-order valence-electron chi connectivity index (χ3n) is 2.75. The van der Waals surface area contributed by atoms with Crippen molar-refractivity contribution >= 4 is 28.6 Å². The van der Waals surface area contributed by atoms with Gasteiger partial charge in [0, 0.05) is 0 Å². The van der Waals surface area contributed by atoms with E-state index in [1.807, 2.05) is 18.2 Å². The molecule has 0 unspecified atom stereocenters. The second-order valence-corrected chi connectivity index (χ2v) is 5.26. The number of hydrogen-bond donors (Lipinski definition) is 2. The smallest absolute Gasteiger partial charge is 0.335 e. The summed E-state index contributed by atoms with van der Waals surface area (Å²) in [5.74, 6) is -0.204. The van der Waals surface area contributed by atoms with Gasteiger partial charge in [0.25, 0.3) is 0 Å². The minimum atomic E-state index is -0.932. The maximum absolute atomic E-state index is 10.8. The SMILES string of the molecule is O=C(O)c1ccc(-c2ccc(OCCO)c(I)c2)cc1. The second-order valence-electron chi connectivity index (χ2n) is 4.10. The van der Waals surface area contributed by atoms with Gasteiger partial charge in [-0.15, -0.1) is 0 Å². The molecular formula is C15H13IO4. The first kappa shape index (κ1) is 14.8. The maximum atomic E-state index is 10.8. The summed E-state index contributed by atoms with van der Waals surface area (Å²) >= 11 is 2.17. The topological polar surface area (TPSA) is 66.8 Å². The Labute approximate surface area is 130 Å². The van der Waals surface area contributed by atoms with Crippen LogP contribution < -0.4 is 4.74 Å². The van der Waals surface area contributed by atoms with Crippen LogP contribution in [0.25, 0.3) is 11.1 Å². The Kier molecular flexibility index (Phi) is 4.97. The van der Waals surface area contributed by atoms with Gasteiger partial charge in [-0.1, -0.05) is 18.2 Å². The number of aromatic carboxylic acids is 1. The van der Waals surface area contributed by atoms with Crippen LogP contribution in [0.5, 0.6) is 5.75 Å². The molecule has 2 aromatic rings. The number of aliphatic hydroxyl groups is 1. The molecule has 4 nitrogen and oxygen atoms in total. The first-order chi connectivity index (χ1) is 9.61. The molecule has 0 fully saturated rings. The van der Waals surface area contributed by atoms with E-state index in [9.17, 15) is 4.79 Å². The molecule has 0 radical (unpaired) electrons. The van der Waals surface area contributed by atoms with E-state index >= 15 is 0 Å². The number of carboxylic acid groups (broad SMARTS) is 1. The summed E-state index contributed by atoms with van der Waals surface area (Å²) < 4.78 is 6.33. The zero-order chi connectivity index (χ0) is 14.5. The van der Waals surface area contributed by atoms with E-state index in [1.54, 1.807) is 24.3 Å². The number of halogens is 1. The number of aliphatic hydroxyl groups excluding tert-OH is 1. The third-order valence-corrected chi connectivity index (χ3v) is 3.59. The van der Waals surface area contributed by atoms with Crippen molar-refractivity contribution in [3.05, 3.63) is 51.6 Å². The Morgan fingerprint density at radius 3 is 2.30 bits per heavy atom. The quantitative estimate of drug-likeness (QED) is 0.778. The number of ether oxygens (including phenoxy) is 1. The van der Waals surface area contributed by atoms with Gasteiger partial charge in [-0.2, -0.15) is 0 Å². The van der Waals surface area contributed by atoms with E-state index in [1.165, 1.54) is 0 Å². The molecule has 0 aliphatic carbocycles. The van der Waals surface area contributed by atoms with E-state index in [2.05, 4.69) is 22.6 Å². The van der Waals surface area contributed by atoms with Crippen molar-refractivity contribution in [1.29, 1.82) is 0 Å². The van der Waals surface area contributed by atoms with Gasteiger partial charge in [0.2, 0.25) is 0 Å². The van der Waals surface area contributed by atoms with Crippen molar-refractivity contribution in [2.24, 2.45) is 0 Å². The molecule has 0 heterocycles. The van der Waals surface area contributed by atoms with Crippen LogP contribution in [-0.4, -0.2) is 29.4 Å². The highest BCUT2D eigenvalue weighted by Crippen LogP contribution is 2.28. The van der Waals surface area contributed by atoms with Crippen molar-refractivity contribution in [2.75, 3.05) is 13.2 Å². The van der Waals surface area contributed by atoms with Crippen molar-refractivity contribution in [3.8, 4) is 16.9 Å². The van der Waals surface area contributed by atoms with Crippen molar-refractivity contribution in [2.45, 2.75) is 0 Å². The van der Waals surface area contributed by atoms with Gasteiger partial charge in [-0.25, -0.2) is 4.79 Å². The molecule has 0 bridgehead atoms. The lowest BCUT2D eigenvalue weighted by Gasteiger charge is -2.09. The first-order valence-electron chi connectivity index (χ1n) is 5.99. The number of rotatable bonds is 5. The van der Waals surface area contributed by atoms with Crippen LogP contribution in [0, 0.1) is 3.57 Å².